The second-order valence-corrected chi connectivity index (χ2v) is 1.83. The van der Waals surface area contributed by atoms with Crippen LogP contribution in [0.5, 0.6) is 0 Å². The van der Waals surface area contributed by atoms with Crippen molar-refractivity contribution in [2.45, 2.75) is 0 Å². The zero-order valence-electron chi connectivity index (χ0n) is 11.7. The Bertz CT molecular complexity index is 430. The van der Waals surface area contributed by atoms with Gasteiger partial charge in [-0.05, 0) is 12.1 Å². The van der Waals surface area contributed by atoms with Crippen LogP contribution in [0.15, 0.2) is 30.3 Å². The van der Waals surface area contributed by atoms with Crippen molar-refractivity contribution in [3.63, 3.8) is 0 Å². The average Bonchev–Trinajstić information content (AvgIpc) is 2.70. The van der Waals surface area contributed by atoms with Gasteiger partial charge in [-0.3, -0.25) is 0 Å². The molecule has 2 radical (unpaired) electrons. The molecule has 0 saturated heterocycles. The number of aliphatic hydroxyl groups excluding tert-OH is 1. The molecular formula is C15H8Co2O7. The van der Waals surface area contributed by atoms with E-state index in [0.717, 1.165) is 5.56 Å². The topological polar surface area (TPSA) is 140 Å². The maximum atomic E-state index is 8.35. The van der Waals surface area contributed by atoms with Crippen LogP contribution in [0, 0.1) is 51.7 Å². The third-order valence-electron chi connectivity index (χ3n) is 1.09. The monoisotopic (exact) mass is 418 g/mol. The van der Waals surface area contributed by atoms with E-state index >= 15 is 0 Å². The normalized spacial score (nSPS) is 3.88. The summed E-state index contributed by atoms with van der Waals surface area (Å²) in [5, 5.41) is 8.35. The molecule has 0 aliphatic carbocycles. The van der Waals surface area contributed by atoms with Crippen LogP contribution in [0.1, 0.15) is 5.56 Å². The summed E-state index contributed by atoms with van der Waals surface area (Å²) in [5.41, 5.74) is 0.941. The van der Waals surface area contributed by atoms with Gasteiger partial charge >= 0.3 is 67.8 Å². The van der Waals surface area contributed by atoms with E-state index in [2.05, 4.69) is 51.7 Å². The Morgan fingerprint density at radius 2 is 0.958 bits per heavy atom. The molecular weight excluding hydrogens is 410 g/mol. The molecule has 1 aromatic carbocycles. The van der Waals surface area contributed by atoms with Crippen molar-refractivity contribution in [2.24, 2.45) is 0 Å². The van der Waals surface area contributed by atoms with Crippen molar-refractivity contribution < 1.29 is 66.6 Å². The maximum Gasteiger partial charge on any atom is 0 e. The molecule has 0 heterocycles. The van der Waals surface area contributed by atoms with Gasteiger partial charge in [0.2, 0.25) is 0 Å². The minimum absolute atomic E-state index is 0. The molecule has 0 aromatic heterocycles. The Morgan fingerprint density at radius 1 is 0.667 bits per heavy atom. The Balaban J connectivity index is -0.0000000263. The molecule has 0 fully saturated rings. The van der Waals surface area contributed by atoms with Gasteiger partial charge in [0, 0.05) is 39.1 Å². The van der Waals surface area contributed by atoms with Gasteiger partial charge in [0.25, 0.3) is 0 Å². The van der Waals surface area contributed by atoms with E-state index in [1.54, 1.807) is 0 Å². The van der Waals surface area contributed by atoms with Crippen LogP contribution in [0.25, 0.3) is 0 Å². The Morgan fingerprint density at radius 3 is 1.21 bits per heavy atom. The number of rotatable bonds is 0. The van der Waals surface area contributed by atoms with Crippen LogP contribution in [-0.4, -0.2) is 11.7 Å². The van der Waals surface area contributed by atoms with E-state index in [4.69, 9.17) is 33.0 Å². The molecule has 128 valence electrons. The van der Waals surface area contributed by atoms with Crippen molar-refractivity contribution >= 4 is 0 Å². The molecule has 0 amide bonds. The summed E-state index contributed by atoms with van der Waals surface area (Å²) in [7, 11) is 0. The SMILES string of the molecule is OCC#Cc1ccccc1.[C-]#[O+].[C-]#[O+].[C-]#[O+].[C-]#[O+].[C-]#[O+].[C-]#[O+].[Co].[Co]. The van der Waals surface area contributed by atoms with Crippen LogP contribution < -0.4 is 0 Å². The van der Waals surface area contributed by atoms with Gasteiger partial charge in [0.1, 0.15) is 6.61 Å². The van der Waals surface area contributed by atoms with Crippen molar-refractivity contribution in [3.8, 4) is 11.8 Å². The molecule has 0 aliphatic heterocycles. The van der Waals surface area contributed by atoms with Crippen LogP contribution in [0.2, 0.25) is 0 Å². The largest absolute Gasteiger partial charge is 0 e. The molecule has 9 heteroatoms. The van der Waals surface area contributed by atoms with Crippen LogP contribution in [-0.2, 0) is 61.5 Å². The quantitative estimate of drug-likeness (QED) is 0.372. The van der Waals surface area contributed by atoms with Gasteiger partial charge in [-0.25, -0.2) is 0 Å². The first-order chi connectivity index (χ1) is 10.9. The fourth-order valence-corrected chi connectivity index (χ4v) is 0.663. The Hall–Kier alpha value is -1.81. The predicted molar refractivity (Wildman–Crippen MR) is 64.0 cm³/mol. The van der Waals surface area contributed by atoms with Crippen LogP contribution in [0.3, 0.4) is 0 Å². The van der Waals surface area contributed by atoms with E-state index in [0.29, 0.717) is 0 Å². The fraction of sp³-hybridized carbons (Fsp3) is 0.0667. The van der Waals surface area contributed by atoms with Gasteiger partial charge in [-0.2, -0.15) is 0 Å². The third-order valence-corrected chi connectivity index (χ3v) is 1.09. The summed E-state index contributed by atoms with van der Waals surface area (Å²) in [6.45, 7) is 26.9. The van der Waals surface area contributed by atoms with Gasteiger partial charge < -0.3 is 5.11 Å². The van der Waals surface area contributed by atoms with Gasteiger partial charge in [0.05, 0.1) is 0 Å². The van der Waals surface area contributed by atoms with Gasteiger partial charge in [-0.1, -0.05) is 30.0 Å². The summed E-state index contributed by atoms with van der Waals surface area (Å²) in [5.74, 6) is 5.36. The number of hydrogen-bond acceptors (Lipinski definition) is 1. The summed E-state index contributed by atoms with van der Waals surface area (Å²) >= 11 is 0. The molecule has 0 saturated carbocycles. The first-order valence-electron chi connectivity index (χ1n) is 4.31. The Kier molecular flexibility index (Phi) is 211. The number of hydrogen-bond donors (Lipinski definition) is 1. The van der Waals surface area contributed by atoms with Crippen LogP contribution >= 0.6 is 0 Å². The maximum absolute atomic E-state index is 8.35. The second kappa shape index (κ2) is 102. The van der Waals surface area contributed by atoms with E-state index in [9.17, 15) is 0 Å². The molecule has 0 aliphatic rings. The average molecular weight is 418 g/mol. The molecule has 0 unspecified atom stereocenters. The second-order valence-electron chi connectivity index (χ2n) is 1.83. The molecule has 0 atom stereocenters. The minimum Gasteiger partial charge on any atom is 0 e. The van der Waals surface area contributed by atoms with E-state index in [1.165, 1.54) is 0 Å². The minimum atomic E-state index is -0.0745. The first-order valence-corrected chi connectivity index (χ1v) is 4.31. The smallest absolute Gasteiger partial charge is 0 e. The molecule has 24 heavy (non-hydrogen) atoms. The predicted octanol–water partition coefficient (Wildman–Crippen LogP) is 0.800. The standard InChI is InChI=1S/C9H8O.6CO.2Co/c10-8-4-7-9-5-2-1-3-6-9;6*1-2;;/h1-3,5-6,10H,8H2;;;;;;;;. The molecule has 1 N–H and O–H groups in total. The van der Waals surface area contributed by atoms with Crippen molar-refractivity contribution in [1.29, 1.82) is 0 Å². The van der Waals surface area contributed by atoms with Gasteiger partial charge in [-0.15, -0.1) is 0 Å². The number of aliphatic hydroxyl groups is 1. The van der Waals surface area contributed by atoms with Crippen molar-refractivity contribution in [2.75, 3.05) is 6.61 Å². The molecule has 7 nitrogen and oxygen atoms in total. The van der Waals surface area contributed by atoms with Crippen molar-refractivity contribution in [1.82, 2.24) is 0 Å². The number of benzene rings is 1. The third kappa shape index (κ3) is 71.6. The first kappa shape index (κ1) is 49.5. The molecule has 1 aromatic rings. The zero-order chi connectivity index (χ0) is 19.2. The summed E-state index contributed by atoms with van der Waals surface area (Å²) in [6, 6.07) is 9.58. The molecule has 1 rings (SSSR count). The van der Waals surface area contributed by atoms with E-state index < -0.39 is 0 Å². The molecule has 0 spiro atoms. The Labute approximate surface area is 160 Å². The zero-order valence-corrected chi connectivity index (χ0v) is 13.7. The van der Waals surface area contributed by atoms with Crippen molar-refractivity contribution in [3.05, 3.63) is 75.8 Å². The van der Waals surface area contributed by atoms with E-state index in [1.807, 2.05) is 30.3 Å². The summed E-state index contributed by atoms with van der Waals surface area (Å²) < 4.78 is 45.0. The fourth-order valence-electron chi connectivity index (χ4n) is 0.663. The van der Waals surface area contributed by atoms with Crippen LogP contribution in [0.4, 0.5) is 0 Å². The summed E-state index contributed by atoms with van der Waals surface area (Å²) in [6.07, 6.45) is 0. The van der Waals surface area contributed by atoms with Gasteiger partial charge in [0.15, 0.2) is 0 Å². The summed E-state index contributed by atoms with van der Waals surface area (Å²) in [4.78, 5) is 0. The van der Waals surface area contributed by atoms with E-state index in [-0.39, 0.29) is 40.2 Å². The molecule has 0 bridgehead atoms.